The summed E-state index contributed by atoms with van der Waals surface area (Å²) in [5.41, 5.74) is -0.912. The monoisotopic (exact) mass is 302 g/mol. The van der Waals surface area contributed by atoms with Gasteiger partial charge in [0.15, 0.2) is 0 Å². The van der Waals surface area contributed by atoms with E-state index in [9.17, 15) is 9.90 Å². The minimum atomic E-state index is -0.536. The van der Waals surface area contributed by atoms with Crippen molar-refractivity contribution in [3.8, 4) is 5.88 Å². The Morgan fingerprint density at radius 2 is 2.18 bits per heavy atom. The zero-order chi connectivity index (χ0) is 12.5. The van der Waals surface area contributed by atoms with E-state index in [1.807, 2.05) is 6.92 Å². The maximum absolute atomic E-state index is 11.6. The molecular weight excluding hydrogens is 288 g/mol. The summed E-state index contributed by atoms with van der Waals surface area (Å²) in [5.74, 6) is 0.150. The molecule has 0 aromatic carbocycles. The van der Waals surface area contributed by atoms with Crippen molar-refractivity contribution in [3.63, 3.8) is 0 Å². The second-order valence-corrected chi connectivity index (χ2v) is 4.98. The van der Waals surface area contributed by atoms with Gasteiger partial charge in [-0.15, -0.1) is 0 Å². The van der Waals surface area contributed by atoms with Crippen molar-refractivity contribution in [1.82, 2.24) is 9.97 Å². The maximum atomic E-state index is 11.6. The predicted molar refractivity (Wildman–Crippen MR) is 66.0 cm³/mol. The second-order valence-electron chi connectivity index (χ2n) is 4.19. The van der Waals surface area contributed by atoms with Crippen molar-refractivity contribution < 1.29 is 9.84 Å². The van der Waals surface area contributed by atoms with Crippen LogP contribution in [0.1, 0.15) is 38.4 Å². The van der Waals surface area contributed by atoms with Crippen molar-refractivity contribution in [1.29, 1.82) is 0 Å². The van der Waals surface area contributed by atoms with Gasteiger partial charge in [-0.2, -0.15) is 4.98 Å². The van der Waals surface area contributed by atoms with Crippen LogP contribution in [0, 0.1) is 0 Å². The maximum Gasteiger partial charge on any atom is 0.269 e. The molecule has 0 amide bonds. The highest BCUT2D eigenvalue weighted by Gasteiger charge is 2.39. The van der Waals surface area contributed by atoms with E-state index >= 15 is 0 Å². The van der Waals surface area contributed by atoms with Crippen LogP contribution >= 0.6 is 15.9 Å². The minimum Gasteiger partial charge on any atom is -0.492 e. The minimum absolute atomic E-state index is 0.0610. The van der Waals surface area contributed by atoms with E-state index in [1.54, 1.807) is 0 Å². The van der Waals surface area contributed by atoms with Gasteiger partial charge in [0.2, 0.25) is 5.88 Å². The molecule has 1 fully saturated rings. The smallest absolute Gasteiger partial charge is 0.269 e. The number of rotatable bonds is 3. The van der Waals surface area contributed by atoms with E-state index in [0.29, 0.717) is 12.4 Å². The van der Waals surface area contributed by atoms with Crippen LogP contribution < -0.4 is 5.56 Å². The number of aromatic hydroxyl groups is 1. The third-order valence-electron chi connectivity index (χ3n) is 3.11. The van der Waals surface area contributed by atoms with Crippen molar-refractivity contribution in [2.45, 2.75) is 38.2 Å². The molecule has 2 rings (SSSR count). The van der Waals surface area contributed by atoms with Crippen LogP contribution in [0.3, 0.4) is 0 Å². The van der Waals surface area contributed by atoms with Gasteiger partial charge in [0, 0.05) is 6.61 Å². The van der Waals surface area contributed by atoms with E-state index in [0.717, 1.165) is 25.7 Å². The summed E-state index contributed by atoms with van der Waals surface area (Å²) < 4.78 is 5.83. The summed E-state index contributed by atoms with van der Waals surface area (Å²) in [6.07, 6.45) is 3.73. The summed E-state index contributed by atoms with van der Waals surface area (Å²) in [4.78, 5) is 18.3. The normalized spacial score (nSPS) is 18.5. The lowest BCUT2D eigenvalue weighted by Gasteiger charge is -2.27. The number of nitrogens with zero attached hydrogens (tertiary/aromatic N) is 1. The Morgan fingerprint density at radius 3 is 2.71 bits per heavy atom. The fourth-order valence-electron chi connectivity index (χ4n) is 2.33. The molecule has 5 nitrogen and oxygen atoms in total. The molecule has 0 aliphatic heterocycles. The lowest BCUT2D eigenvalue weighted by molar-refractivity contribution is -0.0462. The second kappa shape index (κ2) is 4.78. The van der Waals surface area contributed by atoms with E-state index in [1.165, 1.54) is 0 Å². The van der Waals surface area contributed by atoms with Crippen LogP contribution in [0.25, 0.3) is 0 Å². The molecule has 1 aromatic rings. The van der Waals surface area contributed by atoms with Gasteiger partial charge in [0.05, 0.1) is 0 Å². The van der Waals surface area contributed by atoms with Crippen molar-refractivity contribution in [2.24, 2.45) is 0 Å². The average molecular weight is 303 g/mol. The lowest BCUT2D eigenvalue weighted by atomic mass is 10.0. The third kappa shape index (κ3) is 2.24. The number of hydrogen-bond donors (Lipinski definition) is 2. The molecule has 0 bridgehead atoms. The van der Waals surface area contributed by atoms with Gasteiger partial charge in [-0.05, 0) is 48.5 Å². The van der Waals surface area contributed by atoms with Gasteiger partial charge in [-0.3, -0.25) is 4.79 Å². The summed E-state index contributed by atoms with van der Waals surface area (Å²) in [6, 6.07) is 0. The zero-order valence-electron chi connectivity index (χ0n) is 9.62. The third-order valence-corrected chi connectivity index (χ3v) is 3.82. The SMILES string of the molecule is CCOC1(c2nc(O)c(Br)c(=O)[nH]2)CCCC1. The highest BCUT2D eigenvalue weighted by molar-refractivity contribution is 9.10. The standard InChI is InChI=1S/C11H15BrN2O3/c1-2-17-11(5-3-4-6-11)10-13-8(15)7(12)9(16)14-10/h2-6H2,1H3,(H2,13,14,15,16). The molecule has 0 spiro atoms. The van der Waals surface area contributed by atoms with E-state index in [-0.39, 0.29) is 15.9 Å². The highest BCUT2D eigenvalue weighted by Crippen LogP contribution is 2.40. The number of hydrogen-bond acceptors (Lipinski definition) is 4. The topological polar surface area (TPSA) is 75.2 Å². The lowest BCUT2D eigenvalue weighted by Crippen LogP contribution is -2.31. The van der Waals surface area contributed by atoms with Crippen molar-refractivity contribution >= 4 is 15.9 Å². The molecule has 6 heteroatoms. The predicted octanol–water partition coefficient (Wildman–Crippen LogP) is 2.04. The van der Waals surface area contributed by atoms with Crippen LogP contribution in [0.15, 0.2) is 9.27 Å². The summed E-state index contributed by atoms with van der Waals surface area (Å²) in [5, 5.41) is 9.59. The Balaban J connectivity index is 2.47. The molecule has 0 saturated heterocycles. The van der Waals surface area contributed by atoms with Crippen LogP contribution in [0.4, 0.5) is 0 Å². The largest absolute Gasteiger partial charge is 0.492 e. The molecule has 94 valence electrons. The zero-order valence-corrected chi connectivity index (χ0v) is 11.2. The molecule has 1 aromatic heterocycles. The van der Waals surface area contributed by atoms with E-state index in [4.69, 9.17) is 4.74 Å². The van der Waals surface area contributed by atoms with Crippen LogP contribution in [0.5, 0.6) is 5.88 Å². The molecule has 0 radical (unpaired) electrons. The molecule has 1 aliphatic carbocycles. The number of nitrogens with one attached hydrogen (secondary N) is 1. The first-order valence-corrected chi connectivity index (χ1v) is 6.51. The van der Waals surface area contributed by atoms with Crippen LogP contribution in [-0.2, 0) is 10.3 Å². The summed E-state index contributed by atoms with van der Waals surface area (Å²) in [6.45, 7) is 2.47. The summed E-state index contributed by atoms with van der Waals surface area (Å²) >= 11 is 2.98. The molecule has 1 aliphatic rings. The molecule has 1 heterocycles. The Labute approximate surface area is 107 Å². The molecular formula is C11H15BrN2O3. The number of H-pyrrole nitrogens is 1. The van der Waals surface area contributed by atoms with Gasteiger partial charge in [-0.1, -0.05) is 0 Å². The van der Waals surface area contributed by atoms with Gasteiger partial charge in [0.25, 0.3) is 5.56 Å². The first-order valence-electron chi connectivity index (χ1n) is 5.72. The fourth-order valence-corrected chi connectivity index (χ4v) is 2.52. The average Bonchev–Trinajstić information content (AvgIpc) is 2.75. The molecule has 1 saturated carbocycles. The van der Waals surface area contributed by atoms with Gasteiger partial charge < -0.3 is 14.8 Å². The van der Waals surface area contributed by atoms with Crippen molar-refractivity contribution in [3.05, 3.63) is 20.7 Å². The number of aromatic amines is 1. The Bertz CT molecular complexity index is 466. The number of aromatic nitrogens is 2. The Morgan fingerprint density at radius 1 is 1.53 bits per heavy atom. The van der Waals surface area contributed by atoms with Crippen LogP contribution in [-0.4, -0.2) is 21.7 Å². The van der Waals surface area contributed by atoms with E-state index in [2.05, 4.69) is 25.9 Å². The number of ether oxygens (including phenoxy) is 1. The first kappa shape index (κ1) is 12.6. The first-order chi connectivity index (χ1) is 8.09. The Hall–Kier alpha value is -0.880. The van der Waals surface area contributed by atoms with E-state index < -0.39 is 5.60 Å². The Kier molecular flexibility index (Phi) is 3.53. The highest BCUT2D eigenvalue weighted by atomic mass is 79.9. The summed E-state index contributed by atoms with van der Waals surface area (Å²) in [7, 11) is 0. The fraction of sp³-hybridized carbons (Fsp3) is 0.636. The van der Waals surface area contributed by atoms with Crippen molar-refractivity contribution in [2.75, 3.05) is 6.61 Å². The quantitative estimate of drug-likeness (QED) is 0.896. The molecule has 17 heavy (non-hydrogen) atoms. The van der Waals surface area contributed by atoms with Gasteiger partial charge >= 0.3 is 0 Å². The molecule has 2 N–H and O–H groups in total. The number of halogens is 1. The van der Waals surface area contributed by atoms with Gasteiger partial charge in [0.1, 0.15) is 15.9 Å². The molecule has 0 atom stereocenters. The molecule has 0 unspecified atom stereocenters. The van der Waals surface area contributed by atoms with Crippen LogP contribution in [0.2, 0.25) is 0 Å². The van der Waals surface area contributed by atoms with Gasteiger partial charge in [-0.25, -0.2) is 0 Å².